The maximum Gasteiger partial charge on any atom is 0.0589 e. The molecule has 1 aromatic rings. The van der Waals surface area contributed by atoms with E-state index in [2.05, 4.69) is 34.5 Å². The van der Waals surface area contributed by atoms with Crippen molar-refractivity contribution in [3.8, 4) is 0 Å². The van der Waals surface area contributed by atoms with Gasteiger partial charge in [0.25, 0.3) is 0 Å². The molecule has 0 saturated heterocycles. The summed E-state index contributed by atoms with van der Waals surface area (Å²) in [4.78, 5) is 2.50. The summed E-state index contributed by atoms with van der Waals surface area (Å²) in [6.07, 6.45) is 2.24. The van der Waals surface area contributed by atoms with Crippen LogP contribution in [0.25, 0.3) is 0 Å². The van der Waals surface area contributed by atoms with Crippen molar-refractivity contribution in [1.82, 2.24) is 4.90 Å². The van der Waals surface area contributed by atoms with Crippen molar-refractivity contribution in [1.29, 1.82) is 0 Å². The molecule has 0 aromatic heterocycles. The highest BCUT2D eigenvalue weighted by atomic mass is 16.5. The van der Waals surface area contributed by atoms with Gasteiger partial charge in [-0.25, -0.2) is 0 Å². The number of hydrogen-bond donors (Lipinski definition) is 1. The van der Waals surface area contributed by atoms with E-state index in [-0.39, 0.29) is 0 Å². The summed E-state index contributed by atoms with van der Waals surface area (Å²) in [5.74, 6) is 0.666. The Labute approximate surface area is 128 Å². The first-order valence-electron chi connectivity index (χ1n) is 7.85. The molecule has 21 heavy (non-hydrogen) atoms. The van der Waals surface area contributed by atoms with Gasteiger partial charge in [0.2, 0.25) is 0 Å². The van der Waals surface area contributed by atoms with Crippen LogP contribution in [-0.2, 0) is 15.9 Å². The first kappa shape index (κ1) is 16.3. The van der Waals surface area contributed by atoms with Crippen molar-refractivity contribution in [2.24, 2.45) is 5.92 Å². The van der Waals surface area contributed by atoms with Gasteiger partial charge in [-0.1, -0.05) is 18.2 Å². The van der Waals surface area contributed by atoms with Crippen molar-refractivity contribution >= 4 is 5.69 Å². The minimum absolute atomic E-state index is 0.666. The van der Waals surface area contributed by atoms with E-state index in [4.69, 9.17) is 9.47 Å². The van der Waals surface area contributed by atoms with Crippen LogP contribution in [0.2, 0.25) is 0 Å². The van der Waals surface area contributed by atoms with E-state index in [1.165, 1.54) is 11.3 Å². The molecule has 1 heterocycles. The summed E-state index contributed by atoms with van der Waals surface area (Å²) in [5, 5.41) is 3.56. The van der Waals surface area contributed by atoms with Crippen LogP contribution in [0.3, 0.4) is 0 Å². The predicted molar refractivity (Wildman–Crippen MR) is 86.9 cm³/mol. The molecule has 0 bridgehead atoms. The van der Waals surface area contributed by atoms with Crippen LogP contribution in [0.15, 0.2) is 24.3 Å². The molecule has 0 radical (unpaired) electrons. The molecule has 0 fully saturated rings. The standard InChI is InChI=1S/C17H28N2O2/c1-20-10-5-8-19(9-11-21-2)14-15-12-16-6-3-4-7-17(16)18-13-15/h3-4,6-7,15,18H,5,8-14H2,1-2H3. The monoisotopic (exact) mass is 292 g/mol. The van der Waals surface area contributed by atoms with E-state index >= 15 is 0 Å². The van der Waals surface area contributed by atoms with Gasteiger partial charge in [0.1, 0.15) is 0 Å². The van der Waals surface area contributed by atoms with Crippen molar-refractivity contribution in [3.05, 3.63) is 29.8 Å². The van der Waals surface area contributed by atoms with E-state index in [0.717, 1.165) is 52.2 Å². The summed E-state index contributed by atoms with van der Waals surface area (Å²) >= 11 is 0. The zero-order valence-corrected chi connectivity index (χ0v) is 13.3. The molecule has 2 rings (SSSR count). The van der Waals surface area contributed by atoms with Gasteiger partial charge in [-0.15, -0.1) is 0 Å². The molecule has 0 aliphatic carbocycles. The largest absolute Gasteiger partial charge is 0.385 e. The third kappa shape index (κ3) is 5.30. The number of methoxy groups -OCH3 is 2. The normalized spacial score (nSPS) is 17.6. The molecule has 118 valence electrons. The van der Waals surface area contributed by atoms with Crippen LogP contribution in [0.5, 0.6) is 0 Å². The molecular formula is C17H28N2O2. The lowest BCUT2D eigenvalue weighted by Gasteiger charge is -2.31. The maximum atomic E-state index is 5.24. The van der Waals surface area contributed by atoms with E-state index in [1.54, 1.807) is 14.2 Å². The Balaban J connectivity index is 1.85. The van der Waals surface area contributed by atoms with Gasteiger partial charge >= 0.3 is 0 Å². The van der Waals surface area contributed by atoms with Crippen LogP contribution in [0.1, 0.15) is 12.0 Å². The third-order valence-corrected chi connectivity index (χ3v) is 4.06. The van der Waals surface area contributed by atoms with Gasteiger partial charge in [0.15, 0.2) is 0 Å². The summed E-state index contributed by atoms with van der Waals surface area (Å²) in [6.45, 7) is 5.88. The number of hydrogen-bond acceptors (Lipinski definition) is 4. The quantitative estimate of drug-likeness (QED) is 0.708. The minimum Gasteiger partial charge on any atom is -0.385 e. The van der Waals surface area contributed by atoms with Crippen LogP contribution >= 0.6 is 0 Å². The van der Waals surface area contributed by atoms with Gasteiger partial charge in [0.05, 0.1) is 6.61 Å². The minimum atomic E-state index is 0.666. The second-order valence-electron chi connectivity index (χ2n) is 5.75. The van der Waals surface area contributed by atoms with E-state index in [9.17, 15) is 0 Å². The van der Waals surface area contributed by atoms with Gasteiger partial charge in [-0.2, -0.15) is 0 Å². The lowest BCUT2D eigenvalue weighted by molar-refractivity contribution is 0.123. The number of rotatable bonds is 9. The molecule has 1 aromatic carbocycles. The van der Waals surface area contributed by atoms with E-state index < -0.39 is 0 Å². The van der Waals surface area contributed by atoms with Gasteiger partial charge in [-0.3, -0.25) is 0 Å². The highest BCUT2D eigenvalue weighted by Crippen LogP contribution is 2.24. The molecular weight excluding hydrogens is 264 g/mol. The molecule has 0 saturated carbocycles. The fraction of sp³-hybridized carbons (Fsp3) is 0.647. The summed E-state index contributed by atoms with van der Waals surface area (Å²) in [5.41, 5.74) is 2.74. The Morgan fingerprint density at radius 1 is 1.14 bits per heavy atom. The lowest BCUT2D eigenvalue weighted by Crippen LogP contribution is -2.38. The fourth-order valence-electron chi connectivity index (χ4n) is 2.95. The Bertz CT molecular complexity index is 412. The smallest absolute Gasteiger partial charge is 0.0589 e. The Kier molecular flexibility index (Phi) is 7.00. The molecule has 1 unspecified atom stereocenters. The van der Waals surface area contributed by atoms with Crippen LogP contribution in [-0.4, -0.2) is 58.5 Å². The average molecular weight is 292 g/mol. The molecule has 0 spiro atoms. The Morgan fingerprint density at radius 2 is 1.95 bits per heavy atom. The van der Waals surface area contributed by atoms with Crippen LogP contribution in [0.4, 0.5) is 5.69 Å². The number of anilines is 1. The zero-order valence-electron chi connectivity index (χ0n) is 13.3. The SMILES string of the molecule is COCCCN(CCOC)CC1CNc2ccccc2C1. The van der Waals surface area contributed by atoms with Gasteiger partial charge in [-0.05, 0) is 30.4 Å². The number of para-hydroxylation sites is 1. The molecule has 1 aliphatic heterocycles. The zero-order chi connectivity index (χ0) is 14.9. The van der Waals surface area contributed by atoms with Gasteiger partial charge in [0, 0.05) is 52.7 Å². The first-order valence-corrected chi connectivity index (χ1v) is 7.85. The van der Waals surface area contributed by atoms with E-state index in [1.807, 2.05) is 0 Å². The Hall–Kier alpha value is -1.10. The topological polar surface area (TPSA) is 33.7 Å². The molecule has 4 nitrogen and oxygen atoms in total. The van der Waals surface area contributed by atoms with Crippen LogP contribution < -0.4 is 5.32 Å². The third-order valence-electron chi connectivity index (χ3n) is 4.06. The average Bonchev–Trinajstić information content (AvgIpc) is 2.52. The number of fused-ring (bicyclic) bond motifs is 1. The molecule has 0 amide bonds. The van der Waals surface area contributed by atoms with Crippen molar-refractivity contribution < 1.29 is 9.47 Å². The van der Waals surface area contributed by atoms with Crippen molar-refractivity contribution in [2.75, 3.05) is 58.9 Å². The fourth-order valence-corrected chi connectivity index (χ4v) is 2.95. The molecule has 1 aliphatic rings. The highest BCUT2D eigenvalue weighted by Gasteiger charge is 2.20. The summed E-state index contributed by atoms with van der Waals surface area (Å²) in [6, 6.07) is 8.64. The summed E-state index contributed by atoms with van der Waals surface area (Å²) < 4.78 is 10.4. The summed E-state index contributed by atoms with van der Waals surface area (Å²) in [7, 11) is 3.53. The molecule has 1 atom stereocenters. The van der Waals surface area contributed by atoms with Crippen molar-refractivity contribution in [2.45, 2.75) is 12.8 Å². The van der Waals surface area contributed by atoms with Crippen molar-refractivity contribution in [3.63, 3.8) is 0 Å². The predicted octanol–water partition coefficient (Wildman–Crippen LogP) is 2.26. The molecule has 1 N–H and O–H groups in total. The number of nitrogens with one attached hydrogen (secondary N) is 1. The second-order valence-corrected chi connectivity index (χ2v) is 5.75. The van der Waals surface area contributed by atoms with E-state index in [0.29, 0.717) is 5.92 Å². The second kappa shape index (κ2) is 9.03. The molecule has 4 heteroatoms. The maximum absolute atomic E-state index is 5.24. The number of benzene rings is 1. The lowest BCUT2D eigenvalue weighted by atomic mass is 9.93. The van der Waals surface area contributed by atoms with Crippen LogP contribution in [0, 0.1) is 5.92 Å². The van der Waals surface area contributed by atoms with Gasteiger partial charge < -0.3 is 19.7 Å². The first-order chi connectivity index (χ1) is 10.3. The highest BCUT2D eigenvalue weighted by molar-refractivity contribution is 5.53. The number of nitrogens with zero attached hydrogens (tertiary/aromatic N) is 1. The Morgan fingerprint density at radius 3 is 2.76 bits per heavy atom. The number of ether oxygens (including phenoxy) is 2.